The summed E-state index contributed by atoms with van der Waals surface area (Å²) in [5.41, 5.74) is 7.22. The molecule has 13 heavy (non-hydrogen) atoms. The molecule has 0 rings (SSSR count). The summed E-state index contributed by atoms with van der Waals surface area (Å²) in [5.74, 6) is -1.51. The average molecular weight is 196 g/mol. The lowest BCUT2D eigenvalue weighted by molar-refractivity contribution is -0.132. The number of halogens is 3. The Hall–Kier alpha value is -1.66. The number of carbonyl (C=O) groups is 1. The van der Waals surface area contributed by atoms with Gasteiger partial charge < -0.3 is 16.6 Å². The Morgan fingerprint density at radius 2 is 1.69 bits per heavy atom. The van der Waals surface area contributed by atoms with Crippen LogP contribution in [0.25, 0.3) is 0 Å². The van der Waals surface area contributed by atoms with E-state index in [-0.39, 0.29) is 0 Å². The zero-order valence-corrected chi connectivity index (χ0v) is 6.30. The van der Waals surface area contributed by atoms with E-state index in [0.29, 0.717) is 12.2 Å². The van der Waals surface area contributed by atoms with E-state index in [1.165, 1.54) is 0 Å². The third-order valence-corrected chi connectivity index (χ3v) is 1.02. The molecule has 0 unspecified atom stereocenters. The molecule has 0 heterocycles. The number of hydrogen-bond acceptors (Lipinski definition) is 3. The van der Waals surface area contributed by atoms with Crippen LogP contribution in [0.5, 0.6) is 0 Å². The van der Waals surface area contributed by atoms with Crippen LogP contribution in [0, 0.1) is 0 Å². The zero-order chi connectivity index (χ0) is 10.6. The van der Waals surface area contributed by atoms with Gasteiger partial charge in [0.2, 0.25) is 0 Å². The highest BCUT2D eigenvalue weighted by Crippen LogP contribution is 2.21. The van der Waals surface area contributed by atoms with E-state index in [2.05, 4.69) is 5.73 Å². The number of carboxylic acids is 1. The predicted molar refractivity (Wildman–Crippen MR) is 38.2 cm³/mol. The van der Waals surface area contributed by atoms with Crippen LogP contribution < -0.4 is 11.5 Å². The first kappa shape index (κ1) is 11.3. The molecule has 0 aromatic heterocycles. The smallest absolute Gasteiger partial charge is 0.430 e. The molecule has 74 valence electrons. The van der Waals surface area contributed by atoms with E-state index in [1.54, 1.807) is 0 Å². The van der Waals surface area contributed by atoms with Crippen LogP contribution in [0.4, 0.5) is 13.2 Å². The van der Waals surface area contributed by atoms with E-state index in [4.69, 9.17) is 10.8 Å². The molecular formula is C6H7F3N2O2. The van der Waals surface area contributed by atoms with Gasteiger partial charge in [-0.2, -0.15) is 13.2 Å². The fourth-order valence-corrected chi connectivity index (χ4v) is 0.345. The second-order valence-corrected chi connectivity index (χ2v) is 2.05. The molecule has 4 nitrogen and oxygen atoms in total. The maximum atomic E-state index is 11.7. The Morgan fingerprint density at radius 1 is 1.23 bits per heavy atom. The second-order valence-electron chi connectivity index (χ2n) is 2.05. The molecule has 0 bridgehead atoms. The molecule has 0 saturated carbocycles. The van der Waals surface area contributed by atoms with Crippen molar-refractivity contribution in [1.29, 1.82) is 0 Å². The Morgan fingerprint density at radius 3 is 2.00 bits per heavy atom. The summed E-state index contributed by atoms with van der Waals surface area (Å²) in [7, 11) is 0. The molecular weight excluding hydrogens is 189 g/mol. The summed E-state index contributed by atoms with van der Waals surface area (Å²) in [4.78, 5) is 10.0. The van der Waals surface area contributed by atoms with Gasteiger partial charge >= 0.3 is 12.1 Å². The number of nitrogens with two attached hydrogens (primary N) is 2. The van der Waals surface area contributed by atoms with Crippen molar-refractivity contribution in [2.75, 3.05) is 0 Å². The summed E-state index contributed by atoms with van der Waals surface area (Å²) in [6.07, 6.45) is -3.70. The number of hydrogen-bond donors (Lipinski definition) is 3. The minimum absolute atomic E-state index is 0.392. The topological polar surface area (TPSA) is 89.3 Å². The van der Waals surface area contributed by atoms with Crippen molar-refractivity contribution < 1.29 is 23.1 Å². The lowest BCUT2D eigenvalue weighted by Crippen LogP contribution is -2.19. The van der Waals surface area contributed by atoms with Gasteiger partial charge in [0, 0.05) is 0 Å². The molecule has 0 radical (unpaired) electrons. The second kappa shape index (κ2) is 3.83. The largest absolute Gasteiger partial charge is 0.477 e. The molecule has 0 amide bonds. The lowest BCUT2D eigenvalue weighted by Gasteiger charge is -2.04. The molecule has 0 aliphatic carbocycles. The van der Waals surface area contributed by atoms with Crippen LogP contribution in [0.1, 0.15) is 0 Å². The van der Waals surface area contributed by atoms with Crippen LogP contribution in [0.15, 0.2) is 23.5 Å². The highest BCUT2D eigenvalue weighted by atomic mass is 19.4. The quantitative estimate of drug-likeness (QED) is 0.438. The van der Waals surface area contributed by atoms with Gasteiger partial charge in [-0.3, -0.25) is 0 Å². The van der Waals surface area contributed by atoms with Gasteiger partial charge in [0.25, 0.3) is 0 Å². The first-order chi connectivity index (χ1) is 5.75. The zero-order valence-electron chi connectivity index (χ0n) is 6.30. The first-order valence-corrected chi connectivity index (χ1v) is 2.98. The first-order valence-electron chi connectivity index (χ1n) is 2.98. The van der Waals surface area contributed by atoms with Crippen molar-refractivity contribution in [2.45, 2.75) is 6.18 Å². The van der Waals surface area contributed by atoms with E-state index in [0.717, 1.165) is 0 Å². The van der Waals surface area contributed by atoms with Crippen LogP contribution in [0.3, 0.4) is 0 Å². The summed E-state index contributed by atoms with van der Waals surface area (Å²) in [5, 5.41) is 8.15. The lowest BCUT2D eigenvalue weighted by atomic mass is 10.3. The van der Waals surface area contributed by atoms with Crippen molar-refractivity contribution in [3.8, 4) is 0 Å². The molecule has 5 N–H and O–H groups in total. The van der Waals surface area contributed by atoms with Gasteiger partial charge in [0.05, 0.1) is 0 Å². The standard InChI is InChI=1S/C6H7F3N2O2/c7-6(8,9)4(11)2-1-3(10)5(12)13/h1-2H,10-11H2,(H,12,13)/b3-1-,4-2-. The van der Waals surface area contributed by atoms with Gasteiger partial charge in [-0.25, -0.2) is 4.79 Å². The third kappa shape index (κ3) is 4.04. The molecule has 0 fully saturated rings. The van der Waals surface area contributed by atoms with E-state index >= 15 is 0 Å². The molecule has 0 saturated heterocycles. The maximum absolute atomic E-state index is 11.7. The minimum Gasteiger partial charge on any atom is -0.477 e. The predicted octanol–water partition coefficient (Wildman–Crippen LogP) is 0.319. The monoisotopic (exact) mass is 196 g/mol. The van der Waals surface area contributed by atoms with Crippen LogP contribution in [-0.2, 0) is 4.79 Å². The van der Waals surface area contributed by atoms with E-state index in [9.17, 15) is 18.0 Å². The van der Waals surface area contributed by atoms with Gasteiger partial charge in [0.15, 0.2) is 0 Å². The van der Waals surface area contributed by atoms with Crippen LogP contribution >= 0.6 is 0 Å². The van der Waals surface area contributed by atoms with Gasteiger partial charge in [-0.1, -0.05) is 0 Å². The van der Waals surface area contributed by atoms with Crippen molar-refractivity contribution in [1.82, 2.24) is 0 Å². The maximum Gasteiger partial charge on any atom is 0.430 e. The number of rotatable bonds is 2. The number of allylic oxidation sites excluding steroid dienone is 3. The third-order valence-electron chi connectivity index (χ3n) is 1.02. The highest BCUT2D eigenvalue weighted by molar-refractivity contribution is 5.85. The summed E-state index contributed by atoms with van der Waals surface area (Å²) in [6.45, 7) is 0. The molecule has 0 aromatic carbocycles. The highest BCUT2D eigenvalue weighted by Gasteiger charge is 2.30. The number of aliphatic carboxylic acids is 1. The molecule has 0 aliphatic rings. The Kier molecular flexibility index (Phi) is 3.34. The molecule has 7 heteroatoms. The molecule has 0 atom stereocenters. The van der Waals surface area contributed by atoms with Gasteiger partial charge in [0.1, 0.15) is 11.4 Å². The van der Waals surface area contributed by atoms with Crippen LogP contribution in [-0.4, -0.2) is 17.3 Å². The average Bonchev–Trinajstić information content (AvgIpc) is 1.97. The minimum atomic E-state index is -4.67. The molecule has 0 aromatic rings. The van der Waals surface area contributed by atoms with Gasteiger partial charge in [-0.15, -0.1) is 0 Å². The van der Waals surface area contributed by atoms with Crippen molar-refractivity contribution in [3.05, 3.63) is 23.5 Å². The fraction of sp³-hybridized carbons (Fsp3) is 0.167. The van der Waals surface area contributed by atoms with Crippen molar-refractivity contribution in [3.63, 3.8) is 0 Å². The Balaban J connectivity index is 4.61. The van der Waals surface area contributed by atoms with Gasteiger partial charge in [-0.05, 0) is 12.2 Å². The fourth-order valence-electron chi connectivity index (χ4n) is 0.345. The summed E-state index contributed by atoms with van der Waals surface area (Å²) >= 11 is 0. The summed E-state index contributed by atoms with van der Waals surface area (Å²) in [6, 6.07) is 0. The number of alkyl halides is 3. The van der Waals surface area contributed by atoms with Crippen molar-refractivity contribution in [2.24, 2.45) is 11.5 Å². The van der Waals surface area contributed by atoms with Crippen LogP contribution in [0.2, 0.25) is 0 Å². The normalized spacial score (nSPS) is 14.4. The van der Waals surface area contributed by atoms with E-state index in [1.807, 2.05) is 0 Å². The Bertz CT molecular complexity index is 268. The Labute approximate surface area is 71.3 Å². The molecule has 0 spiro atoms. The summed E-state index contributed by atoms with van der Waals surface area (Å²) < 4.78 is 35.1. The number of carboxylic acid groups (broad SMARTS) is 1. The van der Waals surface area contributed by atoms with E-state index < -0.39 is 23.5 Å². The van der Waals surface area contributed by atoms with Crippen molar-refractivity contribution >= 4 is 5.97 Å². The SMILES string of the molecule is N/C(=C\C=C(/N)C(F)(F)F)C(=O)O. The molecule has 0 aliphatic heterocycles.